The number of halogens is 2. The van der Waals surface area contributed by atoms with Crippen molar-refractivity contribution >= 4 is 25.1 Å². The van der Waals surface area contributed by atoms with Gasteiger partial charge >= 0.3 is 0 Å². The average molecular weight is 461 g/mol. The molecule has 4 rings (SSSR count). The fourth-order valence-electron chi connectivity index (χ4n) is 3.50. The lowest BCUT2D eigenvalue weighted by Crippen LogP contribution is -2.45. The van der Waals surface area contributed by atoms with Crippen LogP contribution in [0.1, 0.15) is 36.4 Å². The molecule has 1 saturated carbocycles. The summed E-state index contributed by atoms with van der Waals surface area (Å²) in [7, 11) is 4.99. The Morgan fingerprint density at radius 3 is 2.84 bits per heavy atom. The lowest BCUT2D eigenvalue weighted by molar-refractivity contribution is -0.223. The van der Waals surface area contributed by atoms with Gasteiger partial charge in [-0.05, 0) is 12.8 Å². The van der Waals surface area contributed by atoms with Crippen molar-refractivity contribution < 1.29 is 33.3 Å². The Hall–Kier alpha value is -2.59. The van der Waals surface area contributed by atoms with E-state index < -0.39 is 40.5 Å². The van der Waals surface area contributed by atoms with Crippen molar-refractivity contribution in [3.05, 3.63) is 33.7 Å². The highest BCUT2D eigenvalue weighted by molar-refractivity contribution is 7.10. The second kappa shape index (κ2) is 8.08. The van der Waals surface area contributed by atoms with E-state index in [0.717, 1.165) is 24.2 Å². The second-order valence-electron chi connectivity index (χ2n) is 8.04. The van der Waals surface area contributed by atoms with Crippen LogP contribution in [0.15, 0.2) is 11.4 Å². The van der Waals surface area contributed by atoms with E-state index in [1.165, 1.54) is 11.4 Å². The number of carbonyl (C=O) groups is 1. The number of ether oxygens (including phenoxy) is 2. The van der Waals surface area contributed by atoms with Crippen LogP contribution in [-0.4, -0.2) is 59.4 Å². The summed E-state index contributed by atoms with van der Waals surface area (Å²) in [5, 5.41) is 29.6. The monoisotopic (exact) mass is 461 g/mol. The molecular weight excluding hydrogens is 443 g/mol. The molecule has 2 aliphatic rings. The van der Waals surface area contributed by atoms with Crippen LogP contribution in [0.3, 0.4) is 0 Å². The highest BCUT2D eigenvalue weighted by atomic mass is 32.1. The van der Waals surface area contributed by atoms with Crippen LogP contribution in [-0.2, 0) is 9.53 Å². The van der Waals surface area contributed by atoms with Crippen molar-refractivity contribution in [2.24, 2.45) is 5.41 Å². The van der Waals surface area contributed by atoms with Crippen molar-refractivity contribution in [2.75, 3.05) is 19.7 Å². The van der Waals surface area contributed by atoms with Gasteiger partial charge in [-0.1, -0.05) is 6.92 Å². The minimum atomic E-state index is -3.22. The van der Waals surface area contributed by atoms with Gasteiger partial charge in [0, 0.05) is 23.4 Å². The molecule has 2 heterocycles. The van der Waals surface area contributed by atoms with E-state index in [-0.39, 0.29) is 23.6 Å². The molecule has 2 fully saturated rings. The normalized spacial score (nSPS) is 20.0. The Balaban J connectivity index is 1.66. The van der Waals surface area contributed by atoms with Crippen molar-refractivity contribution in [2.45, 2.75) is 31.7 Å². The Morgan fingerprint density at radius 2 is 2.22 bits per heavy atom. The predicted molar refractivity (Wildman–Crippen MR) is 108 cm³/mol. The number of rotatable bonds is 5. The van der Waals surface area contributed by atoms with Crippen LogP contribution in [0, 0.1) is 28.4 Å². The van der Waals surface area contributed by atoms with Gasteiger partial charge in [0.15, 0.2) is 5.82 Å². The topological polar surface area (TPSA) is 116 Å². The van der Waals surface area contributed by atoms with Crippen LogP contribution in [0.4, 0.5) is 8.78 Å². The molecule has 166 valence electrons. The standard InChI is InChI=1S/C20H18BF2N3O5S/c1-19(2-3-19)18(27)26-4-5-30-14(8-26)17-25-12(9-32-17)15-13(31-20(21,28)29)6-11(22)10(7-24)16(15)23/h6,9,14,28-29H,2-5,8H2,1H3. The van der Waals surface area contributed by atoms with Gasteiger partial charge in [0.2, 0.25) is 13.8 Å². The summed E-state index contributed by atoms with van der Waals surface area (Å²) in [6, 6.07) is 2.04. The molecule has 12 heteroatoms. The zero-order valence-corrected chi connectivity index (χ0v) is 17.8. The Labute approximate surface area is 187 Å². The molecule has 1 amide bonds. The zero-order valence-electron chi connectivity index (χ0n) is 17.0. The molecule has 1 aliphatic carbocycles. The van der Waals surface area contributed by atoms with Gasteiger partial charge in [-0.15, -0.1) is 11.3 Å². The number of hydrogen-bond donors (Lipinski definition) is 2. The molecule has 2 radical (unpaired) electrons. The Morgan fingerprint density at radius 1 is 1.50 bits per heavy atom. The van der Waals surface area contributed by atoms with Crippen molar-refractivity contribution in [1.82, 2.24) is 9.88 Å². The SMILES string of the molecule is [B]C(O)(O)Oc1cc(F)c(C#N)c(F)c1-c1csc(C2CN(C(=O)C3(C)CC3)CCO2)n1. The number of hydrogen-bond acceptors (Lipinski definition) is 8. The maximum absolute atomic E-state index is 14.9. The van der Waals surface area contributed by atoms with Gasteiger partial charge in [0.1, 0.15) is 34.3 Å². The van der Waals surface area contributed by atoms with Crippen molar-refractivity contribution in [1.29, 1.82) is 5.26 Å². The molecule has 8 nitrogen and oxygen atoms in total. The summed E-state index contributed by atoms with van der Waals surface area (Å²) in [6.45, 7) is 2.97. The molecule has 1 aromatic heterocycles. The van der Waals surface area contributed by atoms with E-state index in [1.54, 1.807) is 4.90 Å². The summed E-state index contributed by atoms with van der Waals surface area (Å²) in [4.78, 5) is 18.7. The van der Waals surface area contributed by atoms with Crippen LogP contribution in [0.2, 0.25) is 0 Å². The average Bonchev–Trinajstić information content (AvgIpc) is 3.29. The van der Waals surface area contributed by atoms with Gasteiger partial charge in [0.05, 0.1) is 24.4 Å². The summed E-state index contributed by atoms with van der Waals surface area (Å²) in [5.41, 5.74) is -1.71. The molecule has 1 unspecified atom stereocenters. The quantitative estimate of drug-likeness (QED) is 0.516. The first-order chi connectivity index (χ1) is 15.0. The highest BCUT2D eigenvalue weighted by Crippen LogP contribution is 2.47. The number of aliphatic hydroxyl groups is 2. The Bertz CT molecular complexity index is 1110. The third-order valence-electron chi connectivity index (χ3n) is 5.48. The number of nitrogens with zero attached hydrogens (tertiary/aromatic N) is 3. The number of aromatic nitrogens is 1. The van der Waals surface area contributed by atoms with Gasteiger partial charge in [-0.3, -0.25) is 4.79 Å². The predicted octanol–water partition coefficient (Wildman–Crippen LogP) is 1.80. The van der Waals surface area contributed by atoms with Crippen molar-refractivity contribution in [3.8, 4) is 23.1 Å². The fraction of sp³-hybridized carbons (Fsp3) is 0.450. The minimum Gasteiger partial charge on any atom is -0.448 e. The van der Waals surface area contributed by atoms with E-state index >= 15 is 0 Å². The van der Waals surface area contributed by atoms with Gasteiger partial charge in [-0.2, -0.15) is 5.26 Å². The number of carbonyl (C=O) groups excluding carboxylic acids is 1. The van der Waals surface area contributed by atoms with Gasteiger partial charge < -0.3 is 24.6 Å². The van der Waals surface area contributed by atoms with Gasteiger partial charge in [-0.25, -0.2) is 13.8 Å². The molecule has 0 spiro atoms. The smallest absolute Gasteiger partial charge is 0.259 e. The molecule has 1 aromatic carbocycles. The first-order valence-electron chi connectivity index (χ1n) is 9.74. The number of thiazole rings is 1. The minimum absolute atomic E-state index is 0.0422. The van der Waals surface area contributed by atoms with E-state index in [9.17, 15) is 23.8 Å². The van der Waals surface area contributed by atoms with E-state index in [1.807, 2.05) is 6.92 Å². The highest BCUT2D eigenvalue weighted by Gasteiger charge is 2.48. The van der Waals surface area contributed by atoms with Crippen LogP contribution in [0.25, 0.3) is 11.3 Å². The fourth-order valence-corrected chi connectivity index (χ4v) is 4.35. The number of morpholine rings is 1. The lowest BCUT2D eigenvalue weighted by Gasteiger charge is -2.33. The van der Waals surface area contributed by atoms with Crippen LogP contribution >= 0.6 is 11.3 Å². The third-order valence-corrected chi connectivity index (χ3v) is 6.41. The maximum atomic E-state index is 14.9. The molecule has 1 atom stereocenters. The summed E-state index contributed by atoms with van der Waals surface area (Å²) < 4.78 is 39.4. The number of amides is 1. The molecule has 2 aromatic rings. The summed E-state index contributed by atoms with van der Waals surface area (Å²) >= 11 is 1.11. The van der Waals surface area contributed by atoms with E-state index in [2.05, 4.69) is 9.72 Å². The number of nitriles is 1. The van der Waals surface area contributed by atoms with Crippen LogP contribution < -0.4 is 4.74 Å². The third kappa shape index (κ3) is 4.34. The lowest BCUT2D eigenvalue weighted by atomic mass is 10.0. The number of benzene rings is 1. The molecule has 1 aliphatic heterocycles. The van der Waals surface area contributed by atoms with Crippen molar-refractivity contribution in [3.63, 3.8) is 0 Å². The van der Waals surface area contributed by atoms with Gasteiger partial charge in [0.25, 0.3) is 5.87 Å². The molecule has 2 N–H and O–H groups in total. The molecular formula is C20H18BF2N3O5S. The summed E-state index contributed by atoms with van der Waals surface area (Å²) in [6.07, 6.45) is 1.14. The largest absolute Gasteiger partial charge is 0.448 e. The van der Waals surface area contributed by atoms with E-state index in [0.29, 0.717) is 24.2 Å². The van der Waals surface area contributed by atoms with Crippen LogP contribution in [0.5, 0.6) is 5.75 Å². The zero-order chi connectivity index (χ0) is 23.3. The Kier molecular flexibility index (Phi) is 5.71. The summed E-state index contributed by atoms with van der Waals surface area (Å²) in [5.74, 6) is -6.35. The molecule has 32 heavy (non-hydrogen) atoms. The first-order valence-corrected chi connectivity index (χ1v) is 10.6. The maximum Gasteiger partial charge on any atom is 0.259 e. The first kappa shape index (κ1) is 22.6. The van der Waals surface area contributed by atoms with E-state index in [4.69, 9.17) is 17.8 Å². The second-order valence-corrected chi connectivity index (χ2v) is 8.92. The molecule has 0 bridgehead atoms. The molecule has 1 saturated heterocycles.